The van der Waals surface area contributed by atoms with Crippen LogP contribution in [0.5, 0.6) is 0 Å². The molecule has 0 aliphatic heterocycles. The van der Waals surface area contributed by atoms with Gasteiger partial charge in [-0.25, -0.2) is 0 Å². The lowest BCUT2D eigenvalue weighted by Crippen LogP contribution is -2.24. The topological polar surface area (TPSA) is 80.9 Å². The fourth-order valence-electron chi connectivity index (χ4n) is 0.965. The average molecular weight is 265 g/mol. The number of aromatic nitrogens is 2. The fraction of sp³-hybridized carbons (Fsp3) is 0.667. The molecule has 1 aromatic rings. The Balaban J connectivity index is 0.00000225. The highest BCUT2D eigenvalue weighted by Crippen LogP contribution is 2.18. The Labute approximate surface area is 105 Å². The maximum atomic E-state index is 11.1. The molecule has 1 rings (SSSR count). The summed E-state index contributed by atoms with van der Waals surface area (Å²) in [4.78, 5) is 11.1. The first-order valence-electron chi connectivity index (χ1n) is 4.92. The van der Waals surface area contributed by atoms with E-state index in [2.05, 4.69) is 29.4 Å². The molecule has 1 aromatic heterocycles. The van der Waals surface area contributed by atoms with Crippen LogP contribution in [-0.2, 0) is 11.3 Å². The third kappa shape index (κ3) is 4.87. The van der Waals surface area contributed by atoms with E-state index in [0.29, 0.717) is 25.4 Å². The van der Waals surface area contributed by atoms with Crippen molar-refractivity contribution in [3.63, 3.8) is 0 Å². The molecule has 1 heterocycles. The van der Waals surface area contributed by atoms with Crippen molar-refractivity contribution in [2.45, 2.75) is 32.7 Å². The van der Waals surface area contributed by atoms with Crippen molar-refractivity contribution in [3.05, 3.63) is 10.0 Å². The molecule has 0 atom stereocenters. The van der Waals surface area contributed by atoms with E-state index in [0.717, 1.165) is 10.0 Å². The van der Waals surface area contributed by atoms with Crippen molar-refractivity contribution in [3.8, 4) is 0 Å². The zero-order chi connectivity index (χ0) is 11.3. The summed E-state index contributed by atoms with van der Waals surface area (Å²) >= 11 is 1.53. The van der Waals surface area contributed by atoms with Gasteiger partial charge < -0.3 is 11.1 Å². The molecule has 0 aromatic carbocycles. The van der Waals surface area contributed by atoms with Gasteiger partial charge in [0.05, 0.1) is 6.54 Å². The highest BCUT2D eigenvalue weighted by atomic mass is 35.5. The minimum atomic E-state index is -0.0428. The second-order valence-corrected chi connectivity index (χ2v) is 4.60. The number of hydrogen-bond donors (Lipinski definition) is 2. The lowest BCUT2D eigenvalue weighted by Gasteiger charge is -1.99. The molecule has 0 bridgehead atoms. The Hall–Kier alpha value is -0.720. The van der Waals surface area contributed by atoms with Gasteiger partial charge in [0.25, 0.3) is 0 Å². The Morgan fingerprint density at radius 3 is 2.69 bits per heavy atom. The number of nitrogens with zero attached hydrogens (tertiary/aromatic N) is 2. The van der Waals surface area contributed by atoms with E-state index in [4.69, 9.17) is 5.73 Å². The number of carbonyl (C=O) groups is 1. The number of halogens is 1. The van der Waals surface area contributed by atoms with Crippen LogP contribution in [-0.4, -0.2) is 22.6 Å². The van der Waals surface area contributed by atoms with Crippen molar-refractivity contribution in [2.24, 2.45) is 5.73 Å². The van der Waals surface area contributed by atoms with Gasteiger partial charge in [-0.15, -0.1) is 22.6 Å². The maximum absolute atomic E-state index is 11.1. The van der Waals surface area contributed by atoms with Gasteiger partial charge in [0, 0.05) is 18.9 Å². The van der Waals surface area contributed by atoms with Gasteiger partial charge in [0.1, 0.15) is 10.0 Å². The van der Waals surface area contributed by atoms with E-state index in [1.165, 1.54) is 11.3 Å². The van der Waals surface area contributed by atoms with Crippen molar-refractivity contribution in [1.29, 1.82) is 0 Å². The minimum Gasteiger partial charge on any atom is -0.349 e. The van der Waals surface area contributed by atoms with Crippen LogP contribution in [0.2, 0.25) is 0 Å². The van der Waals surface area contributed by atoms with Gasteiger partial charge in [-0.1, -0.05) is 25.2 Å². The molecular formula is C9H17ClN4OS. The third-order valence-corrected chi connectivity index (χ3v) is 3.01. The molecule has 7 heteroatoms. The Kier molecular flexibility index (Phi) is 7.20. The summed E-state index contributed by atoms with van der Waals surface area (Å²) in [7, 11) is 0. The number of hydrogen-bond acceptors (Lipinski definition) is 5. The maximum Gasteiger partial charge on any atom is 0.221 e. The van der Waals surface area contributed by atoms with E-state index in [1.807, 2.05) is 0 Å². The zero-order valence-electron chi connectivity index (χ0n) is 9.40. The molecule has 0 aliphatic carbocycles. The lowest BCUT2D eigenvalue weighted by atomic mass is 10.2. The van der Waals surface area contributed by atoms with Crippen LogP contribution in [0, 0.1) is 0 Å². The zero-order valence-corrected chi connectivity index (χ0v) is 11.0. The van der Waals surface area contributed by atoms with Crippen molar-refractivity contribution < 1.29 is 4.79 Å². The van der Waals surface area contributed by atoms with Gasteiger partial charge in [0.2, 0.25) is 5.91 Å². The number of nitrogens with two attached hydrogens (primary N) is 1. The molecular weight excluding hydrogens is 248 g/mol. The quantitative estimate of drug-likeness (QED) is 0.833. The van der Waals surface area contributed by atoms with E-state index >= 15 is 0 Å². The number of amides is 1. The highest BCUT2D eigenvalue weighted by Gasteiger charge is 2.08. The third-order valence-electron chi connectivity index (χ3n) is 1.78. The number of nitrogens with one attached hydrogen (secondary N) is 1. The highest BCUT2D eigenvalue weighted by molar-refractivity contribution is 7.11. The molecule has 0 spiro atoms. The molecule has 0 fully saturated rings. The van der Waals surface area contributed by atoms with Gasteiger partial charge >= 0.3 is 0 Å². The molecule has 0 aliphatic rings. The molecule has 0 radical (unpaired) electrons. The number of rotatable bonds is 5. The summed E-state index contributed by atoms with van der Waals surface area (Å²) in [6.07, 6.45) is 0.357. The molecule has 0 saturated carbocycles. The van der Waals surface area contributed by atoms with Gasteiger partial charge in [-0.05, 0) is 0 Å². The predicted molar refractivity (Wildman–Crippen MR) is 66.8 cm³/mol. The first-order valence-corrected chi connectivity index (χ1v) is 5.74. The summed E-state index contributed by atoms with van der Waals surface area (Å²) in [6.45, 7) is 4.96. The van der Waals surface area contributed by atoms with E-state index in [1.54, 1.807) is 0 Å². The summed E-state index contributed by atoms with van der Waals surface area (Å²) in [5.41, 5.74) is 5.26. The first kappa shape index (κ1) is 15.3. The first-order chi connectivity index (χ1) is 7.13. The summed E-state index contributed by atoms with van der Waals surface area (Å²) < 4.78 is 0. The second kappa shape index (κ2) is 7.54. The van der Waals surface area contributed by atoms with Crippen molar-refractivity contribution in [2.75, 3.05) is 6.54 Å². The molecule has 5 nitrogen and oxygen atoms in total. The van der Waals surface area contributed by atoms with Crippen LogP contribution in [0.4, 0.5) is 0 Å². The van der Waals surface area contributed by atoms with Crippen LogP contribution in [0.1, 0.15) is 36.2 Å². The largest absolute Gasteiger partial charge is 0.349 e. The Morgan fingerprint density at radius 2 is 2.19 bits per heavy atom. The lowest BCUT2D eigenvalue weighted by molar-refractivity contribution is -0.121. The fourth-order valence-corrected chi connectivity index (χ4v) is 1.75. The average Bonchev–Trinajstić information content (AvgIpc) is 2.63. The summed E-state index contributed by atoms with van der Waals surface area (Å²) in [6, 6.07) is 0. The standard InChI is InChI=1S/C9H16N4OS.ClH/c1-6(2)9-13-12-8(15-9)5-11-7(14)3-4-10;/h6H,3-5,10H2,1-2H3,(H,11,14);1H. The Morgan fingerprint density at radius 1 is 1.50 bits per heavy atom. The predicted octanol–water partition coefficient (Wildman–Crippen LogP) is 1.05. The number of carbonyl (C=O) groups excluding carboxylic acids is 1. The van der Waals surface area contributed by atoms with E-state index in [-0.39, 0.29) is 18.3 Å². The Bertz CT molecular complexity index is 329. The van der Waals surface area contributed by atoms with Gasteiger partial charge in [0.15, 0.2) is 0 Å². The van der Waals surface area contributed by atoms with Crippen molar-refractivity contribution in [1.82, 2.24) is 15.5 Å². The monoisotopic (exact) mass is 264 g/mol. The van der Waals surface area contributed by atoms with Crippen LogP contribution in [0.15, 0.2) is 0 Å². The van der Waals surface area contributed by atoms with Crippen LogP contribution in [0.25, 0.3) is 0 Å². The van der Waals surface area contributed by atoms with Gasteiger partial charge in [-0.2, -0.15) is 0 Å². The molecule has 92 valence electrons. The molecule has 3 N–H and O–H groups in total. The molecule has 1 amide bonds. The van der Waals surface area contributed by atoms with Crippen LogP contribution < -0.4 is 11.1 Å². The molecule has 0 unspecified atom stereocenters. The summed E-state index contributed by atoms with van der Waals surface area (Å²) in [5.74, 6) is 0.342. The normalized spacial score (nSPS) is 10.0. The molecule has 16 heavy (non-hydrogen) atoms. The van der Waals surface area contributed by atoms with E-state index in [9.17, 15) is 4.79 Å². The molecule has 0 saturated heterocycles. The van der Waals surface area contributed by atoms with E-state index < -0.39 is 0 Å². The van der Waals surface area contributed by atoms with Gasteiger partial charge in [-0.3, -0.25) is 4.79 Å². The van der Waals surface area contributed by atoms with Crippen molar-refractivity contribution >= 4 is 29.7 Å². The summed E-state index contributed by atoms with van der Waals surface area (Å²) in [5, 5.41) is 12.6. The minimum absolute atomic E-state index is 0. The smallest absolute Gasteiger partial charge is 0.221 e. The SMILES string of the molecule is CC(C)c1nnc(CNC(=O)CCN)s1.Cl. The van der Waals surface area contributed by atoms with Crippen LogP contribution in [0.3, 0.4) is 0 Å². The van der Waals surface area contributed by atoms with Crippen LogP contribution >= 0.6 is 23.7 Å². The second-order valence-electron chi connectivity index (χ2n) is 3.50.